The zero-order valence-corrected chi connectivity index (χ0v) is 27.9. The van der Waals surface area contributed by atoms with Gasteiger partial charge in [-0.15, -0.1) is 0 Å². The molecule has 0 saturated carbocycles. The van der Waals surface area contributed by atoms with Crippen LogP contribution >= 0.6 is 11.6 Å². The van der Waals surface area contributed by atoms with Gasteiger partial charge in [-0.05, 0) is 94.6 Å². The van der Waals surface area contributed by atoms with Crippen LogP contribution in [0.1, 0.15) is 33.5 Å². The molecule has 2 aromatic heterocycles. The van der Waals surface area contributed by atoms with E-state index in [-0.39, 0.29) is 4.90 Å². The predicted octanol–water partition coefficient (Wildman–Crippen LogP) is 9.10. The molecule has 252 valence electrons. The minimum absolute atomic E-state index is 0.0691. The topological polar surface area (TPSA) is 94.5 Å². The Morgan fingerprint density at radius 2 is 1.54 bits per heavy atom. The molecule has 0 saturated heterocycles. The molecule has 0 spiro atoms. The van der Waals surface area contributed by atoms with E-state index in [0.717, 1.165) is 73.6 Å². The lowest BCUT2D eigenvalue weighted by molar-refractivity contribution is -0.137. The standard InChI is InChI=1S/C25H18ClF3O2S.C14H11N3O/c26-24-3-1-2-20-22-10-4-15-14-18(9-11-19(15)21(22)12-13-23(20)24)32(30,31)17-7-5-16(6-8-17)25(27,28)29;15-14(18)12-4-2-1-3-10(12)11-5-7-17-8-6-16-9-13(11)17/h1-8,10,12-13,18H,9,11,14H2;1-9H,(H2,15,18). The average molecular weight is 712 g/mol. The number of nitrogens with two attached hydrogens (primary N) is 1. The second-order valence-electron chi connectivity index (χ2n) is 12.1. The van der Waals surface area contributed by atoms with Crippen LogP contribution in [0.3, 0.4) is 0 Å². The third kappa shape index (κ3) is 6.09. The van der Waals surface area contributed by atoms with E-state index < -0.39 is 32.7 Å². The fourth-order valence-corrected chi connectivity index (χ4v) is 8.75. The number of aromatic nitrogens is 2. The van der Waals surface area contributed by atoms with Gasteiger partial charge in [0.15, 0.2) is 9.84 Å². The molecule has 11 heteroatoms. The predicted molar refractivity (Wildman–Crippen MR) is 190 cm³/mol. The lowest BCUT2D eigenvalue weighted by atomic mass is 9.86. The first kappa shape index (κ1) is 33.3. The quantitative estimate of drug-likeness (QED) is 0.184. The highest BCUT2D eigenvalue weighted by atomic mass is 35.5. The van der Waals surface area contributed by atoms with E-state index in [1.54, 1.807) is 24.5 Å². The van der Waals surface area contributed by atoms with Crippen molar-refractivity contribution >= 4 is 54.4 Å². The summed E-state index contributed by atoms with van der Waals surface area (Å²) in [7, 11) is -3.75. The van der Waals surface area contributed by atoms with Gasteiger partial charge in [0.1, 0.15) is 0 Å². The number of amides is 1. The van der Waals surface area contributed by atoms with Crippen LogP contribution in [-0.2, 0) is 28.9 Å². The zero-order chi connectivity index (χ0) is 35.2. The Labute approximate surface area is 290 Å². The van der Waals surface area contributed by atoms with Crippen molar-refractivity contribution in [1.82, 2.24) is 9.38 Å². The van der Waals surface area contributed by atoms with Crippen LogP contribution in [0.5, 0.6) is 0 Å². The number of carbonyl (C=O) groups excluding carboxylic acids is 1. The van der Waals surface area contributed by atoms with Crippen molar-refractivity contribution in [3.63, 3.8) is 0 Å². The molecular weight excluding hydrogens is 683 g/mol. The van der Waals surface area contributed by atoms with E-state index in [9.17, 15) is 26.4 Å². The van der Waals surface area contributed by atoms with Crippen LogP contribution in [0, 0.1) is 0 Å². The van der Waals surface area contributed by atoms with Gasteiger partial charge in [0.05, 0.1) is 27.4 Å². The number of hydrogen-bond donors (Lipinski definition) is 1. The van der Waals surface area contributed by atoms with E-state index in [1.165, 1.54) is 0 Å². The van der Waals surface area contributed by atoms with Crippen LogP contribution in [0.2, 0.25) is 5.02 Å². The molecule has 1 aliphatic carbocycles. The van der Waals surface area contributed by atoms with E-state index in [2.05, 4.69) is 4.98 Å². The van der Waals surface area contributed by atoms with Gasteiger partial charge in [0.25, 0.3) is 0 Å². The summed E-state index contributed by atoms with van der Waals surface area (Å²) in [6, 6.07) is 26.8. The zero-order valence-electron chi connectivity index (χ0n) is 26.4. The highest BCUT2D eigenvalue weighted by molar-refractivity contribution is 7.92. The molecule has 0 fully saturated rings. The van der Waals surface area contributed by atoms with Gasteiger partial charge in [0.2, 0.25) is 5.91 Å². The molecular formula is C39H29ClF3N3O3S. The van der Waals surface area contributed by atoms with Gasteiger partial charge < -0.3 is 10.1 Å². The molecule has 50 heavy (non-hydrogen) atoms. The molecule has 1 unspecified atom stereocenters. The summed E-state index contributed by atoms with van der Waals surface area (Å²) in [6.45, 7) is 0. The lowest BCUT2D eigenvalue weighted by Crippen LogP contribution is -2.28. The molecule has 0 bridgehead atoms. The van der Waals surface area contributed by atoms with E-state index in [1.807, 2.05) is 77.5 Å². The number of halogens is 4. The number of sulfone groups is 1. The summed E-state index contributed by atoms with van der Waals surface area (Å²) in [5, 5.41) is 4.21. The fraction of sp³-hybridized carbons (Fsp3) is 0.128. The first-order valence-corrected chi connectivity index (χ1v) is 17.7. The number of carbonyl (C=O) groups is 1. The van der Waals surface area contributed by atoms with Crippen molar-refractivity contribution < 1.29 is 26.4 Å². The van der Waals surface area contributed by atoms with Crippen LogP contribution in [0.25, 0.3) is 38.2 Å². The molecule has 2 heterocycles. The third-order valence-corrected chi connectivity index (χ3v) is 11.8. The van der Waals surface area contributed by atoms with E-state index >= 15 is 0 Å². The molecule has 5 aromatic carbocycles. The molecule has 8 rings (SSSR count). The molecule has 0 aliphatic heterocycles. The Bertz CT molecular complexity index is 2530. The van der Waals surface area contributed by atoms with Gasteiger partial charge in [-0.1, -0.05) is 66.2 Å². The maximum absolute atomic E-state index is 13.1. The minimum atomic E-state index is -4.50. The molecule has 1 amide bonds. The first-order chi connectivity index (χ1) is 23.9. The Kier molecular flexibility index (Phi) is 8.61. The van der Waals surface area contributed by atoms with Crippen molar-refractivity contribution in [2.45, 2.75) is 35.6 Å². The van der Waals surface area contributed by atoms with Gasteiger partial charge in [-0.2, -0.15) is 13.2 Å². The van der Waals surface area contributed by atoms with E-state index in [0.29, 0.717) is 29.8 Å². The van der Waals surface area contributed by atoms with Gasteiger partial charge in [-0.3, -0.25) is 9.78 Å². The van der Waals surface area contributed by atoms with Crippen molar-refractivity contribution in [3.8, 4) is 11.1 Å². The highest BCUT2D eigenvalue weighted by Gasteiger charge is 2.34. The second-order valence-corrected chi connectivity index (χ2v) is 14.8. The largest absolute Gasteiger partial charge is 0.416 e. The number of primary amides is 1. The number of nitrogens with zero attached hydrogens (tertiary/aromatic N) is 2. The molecule has 0 radical (unpaired) electrons. The summed E-state index contributed by atoms with van der Waals surface area (Å²) in [4.78, 5) is 15.5. The fourth-order valence-electron chi connectivity index (χ4n) is 6.78. The van der Waals surface area contributed by atoms with Crippen LogP contribution in [0.4, 0.5) is 13.2 Å². The highest BCUT2D eigenvalue weighted by Crippen LogP contribution is 2.38. The van der Waals surface area contributed by atoms with Crippen molar-refractivity contribution in [3.05, 3.63) is 149 Å². The summed E-state index contributed by atoms with van der Waals surface area (Å²) >= 11 is 6.33. The monoisotopic (exact) mass is 711 g/mol. The molecule has 1 atom stereocenters. The van der Waals surface area contributed by atoms with Crippen LogP contribution in [0.15, 0.2) is 127 Å². The SMILES string of the molecule is NC(=O)c1ccccc1-c1ccn2ccncc12.O=S(=O)(c1ccc(C(F)(F)F)cc1)C1CCc2c(ccc3c2ccc2c(Cl)cccc23)C1. The summed E-state index contributed by atoms with van der Waals surface area (Å²) in [5.41, 5.74) is 9.90. The Balaban J connectivity index is 0.000000184. The molecule has 7 aromatic rings. The average Bonchev–Trinajstić information content (AvgIpc) is 3.55. The number of hydrogen-bond acceptors (Lipinski definition) is 4. The molecule has 2 N–H and O–H groups in total. The summed E-state index contributed by atoms with van der Waals surface area (Å²) < 4.78 is 66.7. The van der Waals surface area contributed by atoms with Crippen molar-refractivity contribution in [2.75, 3.05) is 0 Å². The number of fused-ring (bicyclic) bond motifs is 6. The summed E-state index contributed by atoms with van der Waals surface area (Å²) in [5.74, 6) is -0.422. The number of aryl methyl sites for hydroxylation is 1. The maximum atomic E-state index is 13.1. The maximum Gasteiger partial charge on any atom is 0.416 e. The number of alkyl halides is 3. The van der Waals surface area contributed by atoms with E-state index in [4.69, 9.17) is 17.3 Å². The summed E-state index contributed by atoms with van der Waals surface area (Å²) in [6.07, 6.45) is 4.13. The normalized spacial score (nSPS) is 14.7. The van der Waals surface area contributed by atoms with Crippen molar-refractivity contribution in [2.24, 2.45) is 5.73 Å². The Morgan fingerprint density at radius 3 is 2.30 bits per heavy atom. The Hall–Kier alpha value is -5.19. The van der Waals surface area contributed by atoms with Crippen molar-refractivity contribution in [1.29, 1.82) is 0 Å². The first-order valence-electron chi connectivity index (χ1n) is 15.8. The van der Waals surface area contributed by atoms with Gasteiger partial charge in [0, 0.05) is 40.1 Å². The lowest BCUT2D eigenvalue weighted by Gasteiger charge is -2.26. The Morgan fingerprint density at radius 1 is 0.820 bits per heavy atom. The number of rotatable bonds is 4. The molecule has 1 aliphatic rings. The van der Waals surface area contributed by atoms with Gasteiger partial charge in [-0.25, -0.2) is 8.42 Å². The molecule has 6 nitrogen and oxygen atoms in total. The van der Waals surface area contributed by atoms with Crippen LogP contribution in [-0.4, -0.2) is 29.0 Å². The second kappa shape index (κ2) is 12.9. The minimum Gasteiger partial charge on any atom is -0.366 e. The van der Waals surface area contributed by atoms with Crippen LogP contribution < -0.4 is 5.73 Å². The van der Waals surface area contributed by atoms with Gasteiger partial charge >= 0.3 is 6.18 Å². The smallest absolute Gasteiger partial charge is 0.366 e. The third-order valence-electron chi connectivity index (χ3n) is 9.28. The number of benzene rings is 5.